The largest absolute Gasteiger partial charge is 0.450 e. The Bertz CT molecular complexity index is 909. The van der Waals surface area contributed by atoms with Gasteiger partial charge in [0.2, 0.25) is 5.91 Å². The highest BCUT2D eigenvalue weighted by atomic mass is 35.5. The number of piperazine rings is 1. The summed E-state index contributed by atoms with van der Waals surface area (Å²) in [6.07, 6.45) is -0.183. The first kappa shape index (κ1) is 21.6. The van der Waals surface area contributed by atoms with Gasteiger partial charge in [-0.2, -0.15) is 0 Å². The Morgan fingerprint density at radius 2 is 1.60 bits per heavy atom. The van der Waals surface area contributed by atoms with E-state index in [1.807, 2.05) is 0 Å². The second-order valence-corrected chi connectivity index (χ2v) is 7.31. The second kappa shape index (κ2) is 10.1. The molecular formula is C22H24ClN3O4. The van der Waals surface area contributed by atoms with Crippen LogP contribution in [0.15, 0.2) is 48.5 Å². The number of amides is 3. The van der Waals surface area contributed by atoms with Gasteiger partial charge in [-0.15, -0.1) is 0 Å². The van der Waals surface area contributed by atoms with Crippen LogP contribution in [0.3, 0.4) is 0 Å². The van der Waals surface area contributed by atoms with E-state index in [0.717, 1.165) is 5.56 Å². The number of anilines is 1. The molecule has 0 radical (unpaired) electrons. The van der Waals surface area contributed by atoms with E-state index in [0.29, 0.717) is 49.1 Å². The number of hydrogen-bond donors (Lipinski definition) is 1. The van der Waals surface area contributed by atoms with Gasteiger partial charge in [0.25, 0.3) is 5.91 Å². The van der Waals surface area contributed by atoms with Crippen molar-refractivity contribution in [3.8, 4) is 0 Å². The van der Waals surface area contributed by atoms with Crippen molar-refractivity contribution in [1.29, 1.82) is 0 Å². The lowest BCUT2D eigenvalue weighted by Gasteiger charge is -2.34. The lowest BCUT2D eigenvalue weighted by atomic mass is 10.1. The molecule has 3 amide bonds. The molecule has 0 aromatic heterocycles. The van der Waals surface area contributed by atoms with E-state index in [2.05, 4.69) is 5.32 Å². The lowest BCUT2D eigenvalue weighted by Crippen LogP contribution is -2.50. The second-order valence-electron chi connectivity index (χ2n) is 6.88. The molecule has 0 atom stereocenters. The smallest absolute Gasteiger partial charge is 0.409 e. The summed E-state index contributed by atoms with van der Waals surface area (Å²) < 4.78 is 5.01. The van der Waals surface area contributed by atoms with Crippen LogP contribution in [0.2, 0.25) is 5.02 Å². The third-order valence-electron chi connectivity index (χ3n) is 4.80. The molecule has 3 rings (SSSR count). The van der Waals surface area contributed by atoms with Crippen LogP contribution in [0.1, 0.15) is 22.8 Å². The number of carbonyl (C=O) groups excluding carboxylic acids is 3. The minimum atomic E-state index is -0.362. The van der Waals surface area contributed by atoms with E-state index >= 15 is 0 Å². The zero-order valence-electron chi connectivity index (χ0n) is 16.8. The van der Waals surface area contributed by atoms with E-state index in [1.165, 1.54) is 0 Å². The molecule has 1 heterocycles. The summed E-state index contributed by atoms with van der Waals surface area (Å²) in [6.45, 7) is 3.72. The van der Waals surface area contributed by atoms with Crippen LogP contribution >= 0.6 is 11.6 Å². The summed E-state index contributed by atoms with van der Waals surface area (Å²) in [4.78, 5) is 40.6. The fourth-order valence-corrected chi connectivity index (χ4v) is 3.36. The molecule has 0 aliphatic carbocycles. The molecular weight excluding hydrogens is 406 g/mol. The molecule has 1 fully saturated rings. The molecule has 1 N–H and O–H groups in total. The number of hydrogen-bond acceptors (Lipinski definition) is 4. The molecule has 1 saturated heterocycles. The number of para-hydroxylation sites is 1. The maximum absolute atomic E-state index is 13.0. The van der Waals surface area contributed by atoms with Crippen molar-refractivity contribution in [2.24, 2.45) is 0 Å². The molecule has 30 heavy (non-hydrogen) atoms. The maximum atomic E-state index is 13.0. The predicted molar refractivity (Wildman–Crippen MR) is 115 cm³/mol. The van der Waals surface area contributed by atoms with Crippen molar-refractivity contribution in [2.75, 3.05) is 38.1 Å². The van der Waals surface area contributed by atoms with E-state index < -0.39 is 0 Å². The Morgan fingerprint density at radius 1 is 0.967 bits per heavy atom. The molecule has 0 saturated carbocycles. The van der Waals surface area contributed by atoms with Gasteiger partial charge in [0.05, 0.1) is 24.3 Å². The van der Waals surface area contributed by atoms with Gasteiger partial charge in [0, 0.05) is 31.2 Å². The van der Waals surface area contributed by atoms with Gasteiger partial charge in [0.1, 0.15) is 0 Å². The summed E-state index contributed by atoms with van der Waals surface area (Å²) in [5.41, 5.74) is 1.72. The number of nitrogens with one attached hydrogen (secondary N) is 1. The number of halogens is 1. The molecule has 158 valence electrons. The topological polar surface area (TPSA) is 79.0 Å². The third kappa shape index (κ3) is 5.51. The van der Waals surface area contributed by atoms with E-state index in [9.17, 15) is 14.4 Å². The first-order valence-corrected chi connectivity index (χ1v) is 10.2. The van der Waals surface area contributed by atoms with Crippen LogP contribution in [0.25, 0.3) is 0 Å². The molecule has 7 nitrogen and oxygen atoms in total. The normalized spacial score (nSPS) is 13.7. The number of rotatable bonds is 5. The average Bonchev–Trinajstić information content (AvgIpc) is 2.75. The highest BCUT2D eigenvalue weighted by molar-refractivity contribution is 6.30. The summed E-state index contributed by atoms with van der Waals surface area (Å²) in [5, 5.41) is 3.44. The number of nitrogens with zero attached hydrogens (tertiary/aromatic N) is 2. The Hall–Kier alpha value is -3.06. The summed E-state index contributed by atoms with van der Waals surface area (Å²) in [7, 11) is 0. The third-order valence-corrected chi connectivity index (χ3v) is 5.05. The molecule has 1 aliphatic heterocycles. The van der Waals surface area contributed by atoms with Crippen molar-refractivity contribution in [3.63, 3.8) is 0 Å². The Balaban J connectivity index is 1.63. The van der Waals surface area contributed by atoms with Crippen LogP contribution in [-0.2, 0) is 16.0 Å². The molecule has 0 unspecified atom stereocenters. The average molecular weight is 430 g/mol. The van der Waals surface area contributed by atoms with Crippen LogP contribution in [0, 0.1) is 0 Å². The van der Waals surface area contributed by atoms with Crippen LogP contribution < -0.4 is 5.32 Å². The molecule has 2 aromatic carbocycles. The van der Waals surface area contributed by atoms with Gasteiger partial charge in [-0.1, -0.05) is 35.9 Å². The zero-order valence-corrected chi connectivity index (χ0v) is 17.5. The van der Waals surface area contributed by atoms with Crippen LogP contribution in [-0.4, -0.2) is 60.5 Å². The summed E-state index contributed by atoms with van der Waals surface area (Å²) >= 11 is 5.88. The summed E-state index contributed by atoms with van der Waals surface area (Å²) in [5.74, 6) is -0.398. The lowest BCUT2D eigenvalue weighted by molar-refractivity contribution is -0.115. The van der Waals surface area contributed by atoms with Crippen molar-refractivity contribution >= 4 is 35.2 Å². The van der Waals surface area contributed by atoms with E-state index in [1.54, 1.807) is 65.3 Å². The molecule has 2 aromatic rings. The van der Waals surface area contributed by atoms with Crippen LogP contribution in [0.4, 0.5) is 10.5 Å². The van der Waals surface area contributed by atoms with Gasteiger partial charge in [-0.25, -0.2) is 4.79 Å². The standard InChI is InChI=1S/C22H24ClN3O4/c1-2-30-22(29)26-13-11-25(12-14-26)21(28)18-5-3-4-6-19(18)24-20(27)15-16-7-9-17(23)10-8-16/h3-10H,2,11-15H2,1H3,(H,24,27). The van der Waals surface area contributed by atoms with Gasteiger partial charge < -0.3 is 19.9 Å². The first-order valence-electron chi connectivity index (χ1n) is 9.82. The Labute approximate surface area is 180 Å². The van der Waals surface area contributed by atoms with Crippen molar-refractivity contribution < 1.29 is 19.1 Å². The number of benzene rings is 2. The van der Waals surface area contributed by atoms with Gasteiger partial charge >= 0.3 is 6.09 Å². The number of ether oxygens (including phenoxy) is 1. The minimum Gasteiger partial charge on any atom is -0.450 e. The van der Waals surface area contributed by atoms with Crippen molar-refractivity contribution in [3.05, 3.63) is 64.7 Å². The Morgan fingerprint density at radius 3 is 2.27 bits per heavy atom. The first-order chi connectivity index (χ1) is 14.5. The highest BCUT2D eigenvalue weighted by Gasteiger charge is 2.26. The van der Waals surface area contributed by atoms with E-state index in [4.69, 9.17) is 16.3 Å². The quantitative estimate of drug-likeness (QED) is 0.789. The van der Waals surface area contributed by atoms with Gasteiger partial charge in [-0.05, 0) is 36.8 Å². The Kier molecular flexibility index (Phi) is 7.30. The zero-order chi connectivity index (χ0) is 21.5. The van der Waals surface area contributed by atoms with Crippen LogP contribution in [0.5, 0.6) is 0 Å². The monoisotopic (exact) mass is 429 g/mol. The maximum Gasteiger partial charge on any atom is 0.409 e. The SMILES string of the molecule is CCOC(=O)N1CCN(C(=O)c2ccccc2NC(=O)Cc2ccc(Cl)cc2)CC1. The van der Waals surface area contributed by atoms with Crippen molar-refractivity contribution in [2.45, 2.75) is 13.3 Å². The predicted octanol–water partition coefficient (Wildman–Crippen LogP) is 3.44. The highest BCUT2D eigenvalue weighted by Crippen LogP contribution is 2.19. The van der Waals surface area contributed by atoms with Gasteiger partial charge in [-0.3, -0.25) is 9.59 Å². The molecule has 0 bridgehead atoms. The number of carbonyl (C=O) groups is 3. The minimum absolute atomic E-state index is 0.178. The fraction of sp³-hybridized carbons (Fsp3) is 0.318. The molecule has 0 spiro atoms. The molecule has 8 heteroatoms. The van der Waals surface area contributed by atoms with Crippen molar-refractivity contribution in [1.82, 2.24) is 9.80 Å². The fourth-order valence-electron chi connectivity index (χ4n) is 3.24. The molecule has 1 aliphatic rings. The van der Waals surface area contributed by atoms with Gasteiger partial charge in [0.15, 0.2) is 0 Å². The summed E-state index contributed by atoms with van der Waals surface area (Å²) in [6, 6.07) is 14.0. The van der Waals surface area contributed by atoms with E-state index in [-0.39, 0.29) is 24.3 Å².